The van der Waals surface area contributed by atoms with Crippen LogP contribution in [0.15, 0.2) is 36.4 Å². The second-order valence-corrected chi connectivity index (χ2v) is 10.2. The summed E-state index contributed by atoms with van der Waals surface area (Å²) in [5.74, 6) is 0.917. The van der Waals surface area contributed by atoms with E-state index in [4.69, 9.17) is 9.47 Å². The lowest BCUT2D eigenvalue weighted by atomic mass is 10.0. The Morgan fingerprint density at radius 3 is 1.97 bits per heavy atom. The highest BCUT2D eigenvalue weighted by molar-refractivity contribution is 5.95. The Kier molecular flexibility index (Phi) is 9.99. The lowest BCUT2D eigenvalue weighted by Gasteiger charge is -2.29. The number of ether oxygens (including phenoxy) is 2. The summed E-state index contributed by atoms with van der Waals surface area (Å²) in [7, 11) is 0. The van der Waals surface area contributed by atoms with Crippen LogP contribution in [0.25, 0.3) is 0 Å². The van der Waals surface area contributed by atoms with Gasteiger partial charge < -0.3 is 14.8 Å². The molecule has 0 aromatic heterocycles. The van der Waals surface area contributed by atoms with Gasteiger partial charge in [-0.2, -0.15) is 0 Å². The van der Waals surface area contributed by atoms with Crippen LogP contribution in [0.5, 0.6) is 11.5 Å². The van der Waals surface area contributed by atoms with Gasteiger partial charge in [-0.25, -0.2) is 0 Å². The smallest absolute Gasteiger partial charge is 0.277 e. The summed E-state index contributed by atoms with van der Waals surface area (Å²) < 4.78 is 12.5. The molecule has 10 heteroatoms. The van der Waals surface area contributed by atoms with E-state index in [-0.39, 0.29) is 16.8 Å². The first-order chi connectivity index (χ1) is 17.3. The van der Waals surface area contributed by atoms with Crippen molar-refractivity contribution >= 4 is 17.3 Å². The molecule has 0 spiro atoms. The summed E-state index contributed by atoms with van der Waals surface area (Å²) in [5.41, 5.74) is -0.736. The maximum Gasteiger partial charge on any atom is 0.277 e. The minimum Gasteiger partial charge on any atom is -0.488 e. The van der Waals surface area contributed by atoms with E-state index in [1.54, 1.807) is 0 Å². The Bertz CT molecular complexity index is 1100. The molecule has 0 radical (unpaired) electrons. The number of carbonyl (C=O) groups is 1. The quantitative estimate of drug-likeness (QED) is 0.175. The van der Waals surface area contributed by atoms with Gasteiger partial charge in [-0.05, 0) is 71.4 Å². The zero-order chi connectivity index (χ0) is 27.8. The zero-order valence-corrected chi connectivity index (χ0v) is 22.5. The van der Waals surface area contributed by atoms with E-state index in [1.165, 1.54) is 0 Å². The highest BCUT2D eigenvalue weighted by Gasteiger charge is 2.22. The monoisotopic (exact) mass is 515 g/mol. The van der Waals surface area contributed by atoms with Crippen LogP contribution in [0.1, 0.15) is 83.1 Å². The van der Waals surface area contributed by atoms with Crippen LogP contribution >= 0.6 is 0 Å². The van der Waals surface area contributed by atoms with E-state index in [1.807, 2.05) is 45.9 Å². The highest BCUT2D eigenvalue weighted by Crippen LogP contribution is 2.32. The number of aryl methyl sites for hydroxylation is 1. The summed E-state index contributed by atoms with van der Waals surface area (Å²) in [6, 6.07) is 8.77. The molecule has 202 valence electrons. The van der Waals surface area contributed by atoms with Crippen molar-refractivity contribution in [2.24, 2.45) is 0 Å². The summed E-state index contributed by atoms with van der Waals surface area (Å²) in [5, 5.41) is 24.8. The van der Waals surface area contributed by atoms with E-state index in [0.717, 1.165) is 54.5 Å². The first-order valence-electron chi connectivity index (χ1n) is 12.5. The van der Waals surface area contributed by atoms with Crippen molar-refractivity contribution in [2.75, 3.05) is 6.54 Å². The number of nitrogens with one attached hydrogen (secondary N) is 1. The summed E-state index contributed by atoms with van der Waals surface area (Å²) in [6.07, 6.45) is 3.80. The first kappa shape index (κ1) is 29.5. The minimum absolute atomic E-state index is 0.121. The third kappa shape index (κ3) is 9.04. The lowest BCUT2D eigenvalue weighted by molar-refractivity contribution is -0.394. The van der Waals surface area contributed by atoms with Crippen LogP contribution in [-0.4, -0.2) is 33.5 Å². The number of nitrogens with zero attached hydrogens (tertiary/aromatic N) is 2. The predicted molar refractivity (Wildman–Crippen MR) is 141 cm³/mol. The Morgan fingerprint density at radius 2 is 1.43 bits per heavy atom. The molecule has 0 aliphatic carbocycles. The molecule has 1 N–H and O–H groups in total. The predicted octanol–water partition coefficient (Wildman–Crippen LogP) is 6.39. The summed E-state index contributed by atoms with van der Waals surface area (Å²) in [6.45, 7) is 12.6. The number of hydrogen-bond acceptors (Lipinski definition) is 7. The van der Waals surface area contributed by atoms with Crippen molar-refractivity contribution in [1.82, 2.24) is 5.32 Å². The average Bonchev–Trinajstić information content (AvgIpc) is 2.84. The normalized spacial score (nSPS) is 11.6. The number of benzene rings is 2. The molecule has 2 aromatic rings. The van der Waals surface area contributed by atoms with Crippen LogP contribution < -0.4 is 14.8 Å². The first-order valence-corrected chi connectivity index (χ1v) is 12.5. The highest BCUT2D eigenvalue weighted by atomic mass is 16.6. The molecule has 0 saturated carbocycles. The second kappa shape index (κ2) is 12.5. The van der Waals surface area contributed by atoms with E-state index in [0.29, 0.717) is 19.4 Å². The maximum absolute atomic E-state index is 12.5. The van der Waals surface area contributed by atoms with Crippen molar-refractivity contribution in [2.45, 2.75) is 84.8 Å². The molecule has 0 unspecified atom stereocenters. The third-order valence-corrected chi connectivity index (χ3v) is 6.27. The number of non-ortho nitro benzene ring substituents is 2. The number of carbonyl (C=O) groups excluding carboxylic acids is 1. The van der Waals surface area contributed by atoms with Gasteiger partial charge in [0.25, 0.3) is 17.3 Å². The Hall–Kier alpha value is -3.69. The molecular formula is C27H37N3O7. The van der Waals surface area contributed by atoms with Crippen LogP contribution in [0.2, 0.25) is 0 Å². The van der Waals surface area contributed by atoms with Crippen LogP contribution in [-0.2, 0) is 6.42 Å². The topological polar surface area (TPSA) is 134 Å². The molecule has 0 aliphatic heterocycles. The van der Waals surface area contributed by atoms with Crippen molar-refractivity contribution in [3.05, 3.63) is 67.8 Å². The Balaban J connectivity index is 2.03. The van der Waals surface area contributed by atoms with Crippen molar-refractivity contribution < 1.29 is 24.1 Å². The minimum atomic E-state index is -0.761. The largest absolute Gasteiger partial charge is 0.488 e. The molecule has 1 amide bonds. The molecule has 0 saturated heterocycles. The number of amides is 1. The summed E-state index contributed by atoms with van der Waals surface area (Å²) in [4.78, 5) is 33.0. The van der Waals surface area contributed by atoms with Gasteiger partial charge >= 0.3 is 0 Å². The van der Waals surface area contributed by atoms with Crippen molar-refractivity contribution in [1.29, 1.82) is 0 Å². The number of rotatable bonds is 14. The Morgan fingerprint density at radius 1 is 0.865 bits per heavy atom. The van der Waals surface area contributed by atoms with Gasteiger partial charge in [0.15, 0.2) is 0 Å². The number of unbranched alkanes of at least 4 members (excludes halogenated alkanes) is 1. The number of nitro benzene ring substituents is 2. The number of nitro groups is 2. The van der Waals surface area contributed by atoms with Gasteiger partial charge in [-0.15, -0.1) is 0 Å². The maximum atomic E-state index is 12.5. The molecule has 37 heavy (non-hydrogen) atoms. The van der Waals surface area contributed by atoms with Crippen LogP contribution in [0, 0.1) is 20.2 Å². The fourth-order valence-corrected chi connectivity index (χ4v) is 3.34. The van der Waals surface area contributed by atoms with E-state index in [9.17, 15) is 25.0 Å². The molecule has 0 bridgehead atoms. The van der Waals surface area contributed by atoms with E-state index in [2.05, 4.69) is 19.2 Å². The molecule has 0 atom stereocenters. The molecular weight excluding hydrogens is 478 g/mol. The van der Waals surface area contributed by atoms with Gasteiger partial charge in [0.1, 0.15) is 22.7 Å². The van der Waals surface area contributed by atoms with Crippen LogP contribution in [0.3, 0.4) is 0 Å². The SMILES string of the molecule is CCC(C)(C)Oc1ccc(CCCCNC(=O)c2cc([N+](=O)[O-])cc([N+](=O)[O-])c2)c(OC(C)(C)CC)c1. The third-order valence-electron chi connectivity index (χ3n) is 6.27. The molecule has 0 aliphatic rings. The number of hydrogen-bond donors (Lipinski definition) is 1. The molecule has 0 heterocycles. The standard InChI is InChI=1S/C27H37N3O7/c1-7-26(3,4)36-23-13-12-19(24(18-23)37-27(5,6)8-2)11-9-10-14-28-25(31)20-15-21(29(32)33)17-22(16-20)30(34)35/h12-13,15-18H,7-11,14H2,1-6H3,(H,28,31). The lowest BCUT2D eigenvalue weighted by Crippen LogP contribution is -2.28. The van der Waals surface area contributed by atoms with Gasteiger partial charge in [0, 0.05) is 24.7 Å². The summed E-state index contributed by atoms with van der Waals surface area (Å²) >= 11 is 0. The van der Waals surface area contributed by atoms with E-state index < -0.39 is 27.1 Å². The Labute approximate surface area is 217 Å². The second-order valence-electron chi connectivity index (χ2n) is 10.2. The fraction of sp³-hybridized carbons (Fsp3) is 0.519. The zero-order valence-electron chi connectivity index (χ0n) is 22.5. The van der Waals surface area contributed by atoms with Gasteiger partial charge in [-0.1, -0.05) is 19.9 Å². The van der Waals surface area contributed by atoms with Crippen molar-refractivity contribution in [3.8, 4) is 11.5 Å². The molecule has 0 fully saturated rings. The fourth-order valence-electron chi connectivity index (χ4n) is 3.34. The molecule has 2 rings (SSSR count). The molecule has 10 nitrogen and oxygen atoms in total. The average molecular weight is 516 g/mol. The van der Waals surface area contributed by atoms with Gasteiger partial charge in [-0.3, -0.25) is 25.0 Å². The van der Waals surface area contributed by atoms with E-state index >= 15 is 0 Å². The molecule has 2 aromatic carbocycles. The van der Waals surface area contributed by atoms with Gasteiger partial charge in [0.05, 0.1) is 21.5 Å². The van der Waals surface area contributed by atoms with Crippen molar-refractivity contribution in [3.63, 3.8) is 0 Å². The van der Waals surface area contributed by atoms with Crippen LogP contribution in [0.4, 0.5) is 11.4 Å². The van der Waals surface area contributed by atoms with Gasteiger partial charge in [0.2, 0.25) is 0 Å².